The fourth-order valence-corrected chi connectivity index (χ4v) is 1.88. The topological polar surface area (TPSA) is 39.1 Å². The molecule has 0 aliphatic rings. The Labute approximate surface area is 111 Å². The Kier molecular flexibility index (Phi) is 6.98. The largest absolute Gasteiger partial charge is 0.379 e. The van der Waals surface area contributed by atoms with Gasteiger partial charge in [0.1, 0.15) is 0 Å². The minimum absolute atomic E-state index is 0.332. The third-order valence-electron chi connectivity index (χ3n) is 2.68. The quantitative estimate of drug-likeness (QED) is 0.687. The number of hydrogen-bond acceptors (Lipinski definition) is 3. The van der Waals surface area contributed by atoms with Gasteiger partial charge >= 0.3 is 0 Å². The van der Waals surface area contributed by atoms with Crippen molar-refractivity contribution < 1.29 is 4.74 Å². The summed E-state index contributed by atoms with van der Waals surface area (Å²) in [6.45, 7) is 12.1. The highest BCUT2D eigenvalue weighted by Crippen LogP contribution is 2.04. The molecular formula is C14H27N3O. The fraction of sp³-hybridized carbons (Fsp3) is 0.786. The van der Waals surface area contributed by atoms with Gasteiger partial charge < -0.3 is 10.1 Å². The van der Waals surface area contributed by atoms with E-state index >= 15 is 0 Å². The Morgan fingerprint density at radius 1 is 1.44 bits per heavy atom. The van der Waals surface area contributed by atoms with E-state index in [1.807, 2.05) is 6.92 Å². The Morgan fingerprint density at radius 3 is 2.89 bits per heavy atom. The van der Waals surface area contributed by atoms with Crippen molar-refractivity contribution in [1.82, 2.24) is 15.1 Å². The molecule has 1 rings (SSSR count). The molecular weight excluding hydrogens is 226 g/mol. The van der Waals surface area contributed by atoms with E-state index in [0.717, 1.165) is 44.8 Å². The molecule has 0 aromatic carbocycles. The number of hydrogen-bond donors (Lipinski definition) is 1. The molecule has 0 aliphatic heterocycles. The minimum Gasteiger partial charge on any atom is -0.379 e. The third-order valence-corrected chi connectivity index (χ3v) is 2.68. The van der Waals surface area contributed by atoms with E-state index in [-0.39, 0.29) is 0 Å². The standard InChI is InChI=1S/C14H27N3O/c1-5-8-17-14(10-13(4)16-17)11-15-7-6-9-18-12(2)3/h10,12,15H,5-9,11H2,1-4H3. The minimum atomic E-state index is 0.332. The average molecular weight is 253 g/mol. The summed E-state index contributed by atoms with van der Waals surface area (Å²) in [7, 11) is 0. The van der Waals surface area contributed by atoms with Crippen LogP contribution >= 0.6 is 0 Å². The SMILES string of the molecule is CCCn1nc(C)cc1CNCCCOC(C)C. The maximum atomic E-state index is 5.50. The zero-order chi connectivity index (χ0) is 13.4. The number of aryl methyl sites for hydroxylation is 2. The molecule has 1 heterocycles. The summed E-state index contributed by atoms with van der Waals surface area (Å²) in [5.41, 5.74) is 2.38. The molecule has 104 valence electrons. The molecule has 0 aliphatic carbocycles. The fourth-order valence-electron chi connectivity index (χ4n) is 1.88. The van der Waals surface area contributed by atoms with Crippen LogP contribution in [0, 0.1) is 6.92 Å². The maximum Gasteiger partial charge on any atom is 0.0597 e. The van der Waals surface area contributed by atoms with E-state index in [9.17, 15) is 0 Å². The van der Waals surface area contributed by atoms with Gasteiger partial charge in [0.15, 0.2) is 0 Å². The highest BCUT2D eigenvalue weighted by Gasteiger charge is 2.03. The first-order valence-electron chi connectivity index (χ1n) is 6.99. The smallest absolute Gasteiger partial charge is 0.0597 e. The lowest BCUT2D eigenvalue weighted by Crippen LogP contribution is -2.19. The van der Waals surface area contributed by atoms with Gasteiger partial charge in [-0.05, 0) is 46.2 Å². The lowest BCUT2D eigenvalue weighted by Gasteiger charge is -2.09. The second kappa shape index (κ2) is 8.27. The lowest BCUT2D eigenvalue weighted by molar-refractivity contribution is 0.0770. The summed E-state index contributed by atoms with van der Waals surface area (Å²) in [6, 6.07) is 2.16. The van der Waals surface area contributed by atoms with Gasteiger partial charge in [-0.2, -0.15) is 5.10 Å². The van der Waals surface area contributed by atoms with E-state index in [0.29, 0.717) is 6.10 Å². The number of ether oxygens (including phenoxy) is 1. The zero-order valence-corrected chi connectivity index (χ0v) is 12.2. The number of rotatable bonds is 9. The number of aromatic nitrogens is 2. The average Bonchev–Trinajstić information content (AvgIpc) is 2.64. The van der Waals surface area contributed by atoms with Gasteiger partial charge in [0.05, 0.1) is 17.5 Å². The lowest BCUT2D eigenvalue weighted by atomic mass is 10.3. The Hall–Kier alpha value is -0.870. The highest BCUT2D eigenvalue weighted by atomic mass is 16.5. The third kappa shape index (κ3) is 5.65. The van der Waals surface area contributed by atoms with Gasteiger partial charge in [0.2, 0.25) is 0 Å². The van der Waals surface area contributed by atoms with Crippen molar-refractivity contribution in [2.45, 2.75) is 59.7 Å². The van der Waals surface area contributed by atoms with Crippen LogP contribution in [0.15, 0.2) is 6.07 Å². The van der Waals surface area contributed by atoms with E-state index < -0.39 is 0 Å². The van der Waals surface area contributed by atoms with Crippen molar-refractivity contribution >= 4 is 0 Å². The van der Waals surface area contributed by atoms with Crippen molar-refractivity contribution in [2.24, 2.45) is 0 Å². The number of nitrogens with zero attached hydrogens (tertiary/aromatic N) is 2. The van der Waals surface area contributed by atoms with Gasteiger partial charge in [-0.25, -0.2) is 0 Å². The molecule has 0 amide bonds. The van der Waals surface area contributed by atoms with Crippen LogP contribution < -0.4 is 5.32 Å². The zero-order valence-electron chi connectivity index (χ0n) is 12.2. The van der Waals surface area contributed by atoms with Gasteiger partial charge in [-0.3, -0.25) is 4.68 Å². The molecule has 0 radical (unpaired) electrons. The monoisotopic (exact) mass is 253 g/mol. The Morgan fingerprint density at radius 2 is 2.22 bits per heavy atom. The molecule has 0 spiro atoms. The summed E-state index contributed by atoms with van der Waals surface area (Å²) in [6.07, 6.45) is 2.51. The molecule has 0 atom stereocenters. The molecule has 1 N–H and O–H groups in total. The van der Waals surface area contributed by atoms with Gasteiger partial charge in [-0.1, -0.05) is 6.92 Å². The van der Waals surface area contributed by atoms with Crippen molar-refractivity contribution in [2.75, 3.05) is 13.2 Å². The maximum absolute atomic E-state index is 5.50. The molecule has 1 aromatic heterocycles. The molecule has 1 aromatic rings. The summed E-state index contributed by atoms with van der Waals surface area (Å²) in [5, 5.41) is 7.94. The second-order valence-corrected chi connectivity index (χ2v) is 4.95. The van der Waals surface area contributed by atoms with Crippen LogP contribution in [0.2, 0.25) is 0 Å². The van der Waals surface area contributed by atoms with Crippen molar-refractivity contribution in [3.63, 3.8) is 0 Å². The second-order valence-electron chi connectivity index (χ2n) is 4.95. The molecule has 0 unspecified atom stereocenters. The molecule has 0 saturated carbocycles. The summed E-state index contributed by atoms with van der Waals surface area (Å²) in [4.78, 5) is 0. The first kappa shape index (κ1) is 15.2. The van der Waals surface area contributed by atoms with Crippen LogP contribution in [0.25, 0.3) is 0 Å². The molecule has 4 nitrogen and oxygen atoms in total. The van der Waals surface area contributed by atoms with Crippen molar-refractivity contribution in [3.8, 4) is 0 Å². The predicted molar refractivity (Wildman–Crippen MR) is 74.7 cm³/mol. The van der Waals surface area contributed by atoms with Crippen molar-refractivity contribution in [3.05, 3.63) is 17.5 Å². The summed E-state index contributed by atoms with van der Waals surface area (Å²) in [5.74, 6) is 0. The van der Waals surface area contributed by atoms with Crippen LogP contribution in [0.4, 0.5) is 0 Å². The van der Waals surface area contributed by atoms with E-state index in [4.69, 9.17) is 4.74 Å². The molecule has 4 heteroatoms. The van der Waals surface area contributed by atoms with Crippen LogP contribution in [0.1, 0.15) is 45.0 Å². The van der Waals surface area contributed by atoms with E-state index in [1.165, 1.54) is 5.69 Å². The predicted octanol–water partition coefficient (Wildman–Crippen LogP) is 2.51. The van der Waals surface area contributed by atoms with Crippen LogP contribution in [-0.2, 0) is 17.8 Å². The van der Waals surface area contributed by atoms with Crippen LogP contribution in [0.5, 0.6) is 0 Å². The summed E-state index contributed by atoms with van der Waals surface area (Å²) < 4.78 is 7.61. The highest BCUT2D eigenvalue weighted by molar-refractivity contribution is 5.08. The van der Waals surface area contributed by atoms with E-state index in [1.54, 1.807) is 0 Å². The van der Waals surface area contributed by atoms with E-state index in [2.05, 4.69) is 41.9 Å². The normalized spacial score (nSPS) is 11.4. The Bertz CT molecular complexity index is 334. The van der Waals surface area contributed by atoms with Gasteiger partial charge in [0.25, 0.3) is 0 Å². The number of nitrogens with one attached hydrogen (secondary N) is 1. The first-order chi connectivity index (χ1) is 8.63. The van der Waals surface area contributed by atoms with Gasteiger partial charge in [-0.15, -0.1) is 0 Å². The molecule has 0 fully saturated rings. The molecule has 18 heavy (non-hydrogen) atoms. The molecule has 0 bridgehead atoms. The molecule has 0 saturated heterocycles. The van der Waals surface area contributed by atoms with Gasteiger partial charge in [0, 0.05) is 19.7 Å². The Balaban J connectivity index is 2.22. The van der Waals surface area contributed by atoms with Crippen LogP contribution in [-0.4, -0.2) is 29.0 Å². The summed E-state index contributed by atoms with van der Waals surface area (Å²) >= 11 is 0. The van der Waals surface area contributed by atoms with Crippen LogP contribution in [0.3, 0.4) is 0 Å². The van der Waals surface area contributed by atoms with Crippen molar-refractivity contribution in [1.29, 1.82) is 0 Å². The first-order valence-corrected chi connectivity index (χ1v) is 6.99.